The molecule has 1 aliphatic heterocycles. The van der Waals surface area contributed by atoms with E-state index in [1.165, 1.54) is 12.1 Å². The predicted octanol–water partition coefficient (Wildman–Crippen LogP) is 4.35. The molecule has 1 aliphatic rings. The van der Waals surface area contributed by atoms with Crippen LogP contribution in [0.3, 0.4) is 0 Å². The van der Waals surface area contributed by atoms with E-state index in [1.54, 1.807) is 0 Å². The van der Waals surface area contributed by atoms with Gasteiger partial charge >= 0.3 is 6.18 Å². The summed E-state index contributed by atoms with van der Waals surface area (Å²) in [6.45, 7) is -0.181. The second-order valence-corrected chi connectivity index (χ2v) is 5.32. The lowest BCUT2D eigenvalue weighted by molar-refractivity contribution is -0.152. The quantitative estimate of drug-likeness (QED) is 0.611. The van der Waals surface area contributed by atoms with Crippen LogP contribution in [0.4, 0.5) is 17.6 Å². The third kappa shape index (κ3) is 2.41. The molecule has 0 spiro atoms. The first-order chi connectivity index (χ1) is 11.9. The molecule has 4 nitrogen and oxygen atoms in total. The van der Waals surface area contributed by atoms with Gasteiger partial charge in [0.05, 0.1) is 10.9 Å². The number of hydrogen-bond donors (Lipinski definition) is 0. The predicted molar refractivity (Wildman–Crippen MR) is 79.0 cm³/mol. The molecule has 0 saturated heterocycles. The van der Waals surface area contributed by atoms with E-state index in [-0.39, 0.29) is 34.8 Å². The Kier molecular flexibility index (Phi) is 3.24. The number of rotatable bonds is 1. The second kappa shape index (κ2) is 5.23. The van der Waals surface area contributed by atoms with Crippen molar-refractivity contribution in [2.75, 3.05) is 6.79 Å². The van der Waals surface area contributed by atoms with Gasteiger partial charge in [-0.25, -0.2) is 4.39 Å². The Bertz CT molecular complexity index is 1040. The average molecular weight is 352 g/mol. The van der Waals surface area contributed by atoms with Crippen LogP contribution in [0.15, 0.2) is 45.6 Å². The Hall–Kier alpha value is -3.03. The number of halogens is 4. The minimum absolute atomic E-state index is 0.0502. The molecule has 3 aromatic rings. The molecule has 2 heterocycles. The topological polar surface area (TPSA) is 48.7 Å². The van der Waals surface area contributed by atoms with Crippen LogP contribution >= 0.6 is 0 Å². The van der Waals surface area contributed by atoms with Crippen molar-refractivity contribution in [3.8, 4) is 22.6 Å². The molecule has 0 fully saturated rings. The van der Waals surface area contributed by atoms with E-state index in [9.17, 15) is 22.4 Å². The van der Waals surface area contributed by atoms with E-state index < -0.39 is 28.7 Å². The molecule has 128 valence electrons. The lowest BCUT2D eigenvalue weighted by Crippen LogP contribution is -2.16. The van der Waals surface area contributed by atoms with Crippen LogP contribution in [0.2, 0.25) is 0 Å². The van der Waals surface area contributed by atoms with Gasteiger partial charge in [0.2, 0.25) is 23.7 Å². The highest BCUT2D eigenvalue weighted by Gasteiger charge is 2.40. The van der Waals surface area contributed by atoms with Gasteiger partial charge in [-0.3, -0.25) is 4.79 Å². The Balaban J connectivity index is 2.11. The van der Waals surface area contributed by atoms with Crippen LogP contribution in [0.25, 0.3) is 22.1 Å². The molecule has 0 bridgehead atoms. The van der Waals surface area contributed by atoms with Gasteiger partial charge in [0.25, 0.3) is 0 Å². The fourth-order valence-corrected chi connectivity index (χ4v) is 2.70. The molecule has 1 aromatic heterocycles. The normalized spacial score (nSPS) is 13.4. The average Bonchev–Trinajstić information content (AvgIpc) is 3.04. The lowest BCUT2D eigenvalue weighted by atomic mass is 10.0. The molecular formula is C17H8F4O4. The Morgan fingerprint density at radius 3 is 2.36 bits per heavy atom. The Morgan fingerprint density at radius 2 is 1.68 bits per heavy atom. The Labute approximate surface area is 137 Å². The van der Waals surface area contributed by atoms with Crippen molar-refractivity contribution in [1.29, 1.82) is 0 Å². The summed E-state index contributed by atoms with van der Waals surface area (Å²) in [6.07, 6.45) is -4.93. The van der Waals surface area contributed by atoms with Crippen molar-refractivity contribution in [2.24, 2.45) is 0 Å². The van der Waals surface area contributed by atoms with Crippen LogP contribution in [0.1, 0.15) is 5.76 Å². The zero-order chi connectivity index (χ0) is 17.8. The van der Waals surface area contributed by atoms with Crippen molar-refractivity contribution in [2.45, 2.75) is 6.18 Å². The maximum absolute atomic E-state index is 13.5. The molecule has 0 saturated carbocycles. The summed E-state index contributed by atoms with van der Waals surface area (Å²) in [5.74, 6) is -1.96. The van der Waals surface area contributed by atoms with Gasteiger partial charge in [0.15, 0.2) is 11.3 Å². The van der Waals surface area contributed by atoms with Crippen LogP contribution in [-0.2, 0) is 6.18 Å². The first-order valence-electron chi connectivity index (χ1n) is 7.09. The minimum Gasteiger partial charge on any atom is -0.453 e. The summed E-state index contributed by atoms with van der Waals surface area (Å²) in [6, 6.07) is 6.86. The first-order valence-corrected chi connectivity index (χ1v) is 7.09. The van der Waals surface area contributed by atoms with Gasteiger partial charge in [-0.15, -0.1) is 0 Å². The molecule has 0 atom stereocenters. The lowest BCUT2D eigenvalue weighted by Gasteiger charge is -2.13. The standard InChI is InChI=1S/C17H8F4O4/c18-9-3-1-8(2-4-9)12-13(22)10-5-6-11-15(24-7-23-11)14(10)25-16(12)17(19,20)21/h1-6H,7H2. The van der Waals surface area contributed by atoms with Crippen molar-refractivity contribution in [3.05, 3.63) is 58.2 Å². The van der Waals surface area contributed by atoms with Crippen LogP contribution < -0.4 is 14.9 Å². The van der Waals surface area contributed by atoms with E-state index in [0.717, 1.165) is 24.3 Å². The van der Waals surface area contributed by atoms with Crippen molar-refractivity contribution < 1.29 is 31.5 Å². The maximum atomic E-state index is 13.5. The largest absolute Gasteiger partial charge is 0.453 e. The van der Waals surface area contributed by atoms with E-state index >= 15 is 0 Å². The first kappa shape index (κ1) is 15.5. The van der Waals surface area contributed by atoms with Gasteiger partial charge in [-0.1, -0.05) is 12.1 Å². The van der Waals surface area contributed by atoms with Crippen molar-refractivity contribution >= 4 is 11.0 Å². The van der Waals surface area contributed by atoms with Gasteiger partial charge in [-0.2, -0.15) is 13.2 Å². The fraction of sp³-hybridized carbons (Fsp3) is 0.118. The van der Waals surface area contributed by atoms with Crippen LogP contribution in [0.5, 0.6) is 11.5 Å². The minimum atomic E-state index is -4.93. The number of benzene rings is 2. The van der Waals surface area contributed by atoms with E-state index in [2.05, 4.69) is 0 Å². The summed E-state index contributed by atoms with van der Waals surface area (Å²) in [7, 11) is 0. The molecule has 0 amide bonds. The zero-order valence-corrected chi connectivity index (χ0v) is 12.3. The summed E-state index contributed by atoms with van der Waals surface area (Å²) >= 11 is 0. The summed E-state index contributed by atoms with van der Waals surface area (Å²) in [5, 5.41) is -0.0865. The highest BCUT2D eigenvalue weighted by Crippen LogP contribution is 2.43. The molecule has 25 heavy (non-hydrogen) atoms. The zero-order valence-electron chi connectivity index (χ0n) is 12.3. The molecule has 0 aliphatic carbocycles. The van der Waals surface area contributed by atoms with Gasteiger partial charge in [-0.05, 0) is 29.8 Å². The SMILES string of the molecule is O=c1c(-c2ccc(F)cc2)c(C(F)(F)F)oc2c3c(ccc12)OCO3. The summed E-state index contributed by atoms with van der Waals surface area (Å²) in [4.78, 5) is 12.7. The third-order valence-corrected chi connectivity index (χ3v) is 3.79. The van der Waals surface area contributed by atoms with Crippen molar-refractivity contribution in [3.63, 3.8) is 0 Å². The molecule has 0 radical (unpaired) electrons. The number of hydrogen-bond acceptors (Lipinski definition) is 4. The van der Waals surface area contributed by atoms with E-state index in [0.29, 0.717) is 0 Å². The summed E-state index contributed by atoms with van der Waals surface area (Å²) < 4.78 is 68.8. The molecule has 0 unspecified atom stereocenters. The highest BCUT2D eigenvalue weighted by atomic mass is 19.4. The smallest absolute Gasteiger partial charge is 0.450 e. The number of fused-ring (bicyclic) bond motifs is 3. The second-order valence-electron chi connectivity index (χ2n) is 5.32. The van der Waals surface area contributed by atoms with Gasteiger partial charge < -0.3 is 13.9 Å². The molecule has 4 rings (SSSR count). The van der Waals surface area contributed by atoms with Crippen molar-refractivity contribution in [1.82, 2.24) is 0 Å². The molecule has 2 aromatic carbocycles. The third-order valence-electron chi connectivity index (χ3n) is 3.79. The van der Waals surface area contributed by atoms with Gasteiger partial charge in [0, 0.05) is 0 Å². The summed E-state index contributed by atoms with van der Waals surface area (Å²) in [5.41, 5.74) is -2.00. The van der Waals surface area contributed by atoms with Crippen LogP contribution in [0, 0.1) is 5.82 Å². The van der Waals surface area contributed by atoms with E-state index in [1.807, 2.05) is 0 Å². The molecule has 8 heteroatoms. The Morgan fingerprint density at radius 1 is 0.960 bits per heavy atom. The molecule has 0 N–H and O–H groups in total. The van der Waals surface area contributed by atoms with Gasteiger partial charge in [0.1, 0.15) is 5.82 Å². The van der Waals surface area contributed by atoms with E-state index in [4.69, 9.17) is 13.9 Å². The number of ether oxygens (including phenoxy) is 2. The fourth-order valence-electron chi connectivity index (χ4n) is 2.70. The van der Waals surface area contributed by atoms with Crippen LogP contribution in [-0.4, -0.2) is 6.79 Å². The number of alkyl halides is 3. The molecular weight excluding hydrogens is 344 g/mol. The maximum Gasteiger partial charge on any atom is 0.450 e. The monoisotopic (exact) mass is 352 g/mol. The highest BCUT2D eigenvalue weighted by molar-refractivity contribution is 5.89.